The van der Waals surface area contributed by atoms with Crippen LogP contribution in [0.4, 0.5) is 5.69 Å². The molecule has 4 nitrogen and oxygen atoms in total. The number of hydrogen-bond acceptors (Lipinski definition) is 3. The summed E-state index contributed by atoms with van der Waals surface area (Å²) >= 11 is 0. The van der Waals surface area contributed by atoms with Gasteiger partial charge in [-0.2, -0.15) is 0 Å². The van der Waals surface area contributed by atoms with Crippen molar-refractivity contribution in [2.45, 2.75) is 13.0 Å². The normalized spacial score (nSPS) is 12.2. The van der Waals surface area contributed by atoms with Crippen LogP contribution in [0.25, 0.3) is 0 Å². The molecule has 1 aromatic rings. The number of rotatable bonds is 3. The van der Waals surface area contributed by atoms with Crippen LogP contribution in [-0.4, -0.2) is 12.5 Å². The number of carbonyl (C=O) groups is 1. The molecule has 0 aromatic heterocycles. The lowest BCUT2D eigenvalue weighted by atomic mass is 10.1. The van der Waals surface area contributed by atoms with Crippen LogP contribution in [0.2, 0.25) is 0 Å². The van der Waals surface area contributed by atoms with E-state index < -0.39 is 0 Å². The number of nitrogens with two attached hydrogens (primary N) is 2. The molecular formula is C10H15N3O. The lowest BCUT2D eigenvalue weighted by Gasteiger charge is -2.09. The summed E-state index contributed by atoms with van der Waals surface area (Å²) in [5.41, 5.74) is 12.9. The largest absolute Gasteiger partial charge is 0.329 e. The Morgan fingerprint density at radius 2 is 2.00 bits per heavy atom. The standard InChI is InChI=1S/C10H15N3O/c1-7(14)13-9-4-2-8(3-5-9)10(12)6-11/h2-5,10H,6,11-12H2,1H3,(H,13,14)/t10-/m1/s1. The summed E-state index contributed by atoms with van der Waals surface area (Å²) in [5.74, 6) is -0.0825. The van der Waals surface area contributed by atoms with Crippen LogP contribution in [0.1, 0.15) is 18.5 Å². The first kappa shape index (κ1) is 10.7. The third-order valence-corrected chi connectivity index (χ3v) is 1.91. The number of hydrogen-bond donors (Lipinski definition) is 3. The van der Waals surface area contributed by atoms with Gasteiger partial charge in [-0.3, -0.25) is 4.79 Å². The van der Waals surface area contributed by atoms with Gasteiger partial charge in [0, 0.05) is 25.2 Å². The maximum absolute atomic E-state index is 10.7. The molecule has 0 radical (unpaired) electrons. The van der Waals surface area contributed by atoms with Gasteiger partial charge < -0.3 is 16.8 Å². The number of carbonyl (C=O) groups excluding carboxylic acids is 1. The smallest absolute Gasteiger partial charge is 0.221 e. The Morgan fingerprint density at radius 3 is 2.43 bits per heavy atom. The lowest BCUT2D eigenvalue weighted by Crippen LogP contribution is -2.20. The van der Waals surface area contributed by atoms with Crippen LogP contribution in [0.5, 0.6) is 0 Å². The van der Waals surface area contributed by atoms with Crippen LogP contribution < -0.4 is 16.8 Å². The predicted molar refractivity (Wildman–Crippen MR) is 56.7 cm³/mol. The zero-order chi connectivity index (χ0) is 10.6. The first-order valence-electron chi connectivity index (χ1n) is 4.46. The van der Waals surface area contributed by atoms with Crippen molar-refractivity contribution in [1.29, 1.82) is 0 Å². The van der Waals surface area contributed by atoms with Crippen LogP contribution in [0.15, 0.2) is 24.3 Å². The molecule has 14 heavy (non-hydrogen) atoms. The van der Waals surface area contributed by atoms with Crippen molar-refractivity contribution >= 4 is 11.6 Å². The van der Waals surface area contributed by atoms with Gasteiger partial charge in [0.25, 0.3) is 0 Å². The Hall–Kier alpha value is -1.39. The highest BCUT2D eigenvalue weighted by atomic mass is 16.1. The third-order valence-electron chi connectivity index (χ3n) is 1.91. The Kier molecular flexibility index (Phi) is 3.62. The first-order chi connectivity index (χ1) is 6.63. The summed E-state index contributed by atoms with van der Waals surface area (Å²) in [7, 11) is 0. The summed E-state index contributed by atoms with van der Waals surface area (Å²) in [6, 6.07) is 7.21. The van der Waals surface area contributed by atoms with Crippen molar-refractivity contribution in [1.82, 2.24) is 0 Å². The molecule has 76 valence electrons. The van der Waals surface area contributed by atoms with Crippen molar-refractivity contribution in [2.24, 2.45) is 11.5 Å². The van der Waals surface area contributed by atoms with E-state index in [0.29, 0.717) is 6.54 Å². The zero-order valence-electron chi connectivity index (χ0n) is 8.16. The molecule has 0 saturated heterocycles. The maximum atomic E-state index is 10.7. The highest BCUT2D eigenvalue weighted by Crippen LogP contribution is 2.13. The minimum Gasteiger partial charge on any atom is -0.329 e. The Labute approximate surface area is 83.3 Å². The second-order valence-electron chi connectivity index (χ2n) is 3.15. The molecule has 0 saturated carbocycles. The minimum absolute atomic E-state index is 0.0825. The average molecular weight is 193 g/mol. The van der Waals surface area contributed by atoms with E-state index in [1.807, 2.05) is 24.3 Å². The highest BCUT2D eigenvalue weighted by molar-refractivity contribution is 5.88. The van der Waals surface area contributed by atoms with Gasteiger partial charge in [-0.25, -0.2) is 0 Å². The fraction of sp³-hybridized carbons (Fsp3) is 0.300. The summed E-state index contributed by atoms with van der Waals surface area (Å²) < 4.78 is 0. The van der Waals surface area contributed by atoms with Crippen molar-refractivity contribution in [3.8, 4) is 0 Å². The molecule has 1 atom stereocenters. The molecule has 0 unspecified atom stereocenters. The van der Waals surface area contributed by atoms with E-state index in [2.05, 4.69) is 5.32 Å². The van der Waals surface area contributed by atoms with Crippen molar-refractivity contribution < 1.29 is 4.79 Å². The average Bonchev–Trinajstić information content (AvgIpc) is 2.17. The van der Waals surface area contributed by atoms with E-state index in [-0.39, 0.29) is 11.9 Å². The third kappa shape index (κ3) is 2.83. The van der Waals surface area contributed by atoms with E-state index in [1.165, 1.54) is 6.92 Å². The molecular weight excluding hydrogens is 178 g/mol. The zero-order valence-corrected chi connectivity index (χ0v) is 8.16. The van der Waals surface area contributed by atoms with Gasteiger partial charge in [0.15, 0.2) is 0 Å². The van der Waals surface area contributed by atoms with Gasteiger partial charge in [-0.05, 0) is 17.7 Å². The van der Waals surface area contributed by atoms with E-state index in [1.54, 1.807) is 0 Å². The molecule has 0 aliphatic carbocycles. The van der Waals surface area contributed by atoms with Gasteiger partial charge in [0.1, 0.15) is 0 Å². The van der Waals surface area contributed by atoms with Crippen LogP contribution in [0.3, 0.4) is 0 Å². The molecule has 5 N–H and O–H groups in total. The van der Waals surface area contributed by atoms with E-state index in [9.17, 15) is 4.79 Å². The molecule has 1 aromatic carbocycles. The van der Waals surface area contributed by atoms with Gasteiger partial charge in [0.05, 0.1) is 0 Å². The predicted octanol–water partition coefficient (Wildman–Crippen LogP) is 0.603. The first-order valence-corrected chi connectivity index (χ1v) is 4.46. The number of benzene rings is 1. The summed E-state index contributed by atoms with van der Waals surface area (Å²) in [6.45, 7) is 1.89. The topological polar surface area (TPSA) is 81.1 Å². The molecule has 1 rings (SSSR count). The molecule has 0 aliphatic rings. The number of anilines is 1. The quantitative estimate of drug-likeness (QED) is 0.657. The van der Waals surface area contributed by atoms with E-state index >= 15 is 0 Å². The Balaban J connectivity index is 2.73. The summed E-state index contributed by atoms with van der Waals surface area (Å²) in [5, 5.41) is 2.68. The van der Waals surface area contributed by atoms with E-state index in [4.69, 9.17) is 11.5 Å². The van der Waals surface area contributed by atoms with Crippen LogP contribution in [0, 0.1) is 0 Å². The minimum atomic E-state index is -0.138. The summed E-state index contributed by atoms with van der Waals surface area (Å²) in [4.78, 5) is 10.7. The fourth-order valence-corrected chi connectivity index (χ4v) is 1.15. The Bertz CT molecular complexity index is 308. The van der Waals surface area contributed by atoms with Crippen molar-refractivity contribution in [2.75, 3.05) is 11.9 Å². The van der Waals surface area contributed by atoms with Crippen LogP contribution in [-0.2, 0) is 4.79 Å². The van der Waals surface area contributed by atoms with Gasteiger partial charge >= 0.3 is 0 Å². The summed E-state index contributed by atoms with van der Waals surface area (Å²) in [6.07, 6.45) is 0. The van der Waals surface area contributed by atoms with Crippen LogP contribution >= 0.6 is 0 Å². The number of nitrogens with one attached hydrogen (secondary N) is 1. The maximum Gasteiger partial charge on any atom is 0.221 e. The molecule has 0 bridgehead atoms. The molecule has 4 heteroatoms. The molecule has 0 aliphatic heterocycles. The van der Waals surface area contributed by atoms with Crippen molar-refractivity contribution in [3.05, 3.63) is 29.8 Å². The molecule has 0 spiro atoms. The molecule has 0 fully saturated rings. The van der Waals surface area contributed by atoms with Crippen molar-refractivity contribution in [3.63, 3.8) is 0 Å². The monoisotopic (exact) mass is 193 g/mol. The van der Waals surface area contributed by atoms with Gasteiger partial charge in [-0.1, -0.05) is 12.1 Å². The second kappa shape index (κ2) is 4.74. The van der Waals surface area contributed by atoms with Gasteiger partial charge in [0.2, 0.25) is 5.91 Å². The van der Waals surface area contributed by atoms with Gasteiger partial charge in [-0.15, -0.1) is 0 Å². The SMILES string of the molecule is CC(=O)Nc1ccc([C@H](N)CN)cc1. The lowest BCUT2D eigenvalue weighted by molar-refractivity contribution is -0.114. The molecule has 0 heterocycles. The number of amides is 1. The fourth-order valence-electron chi connectivity index (χ4n) is 1.15. The Morgan fingerprint density at radius 1 is 1.43 bits per heavy atom. The highest BCUT2D eigenvalue weighted by Gasteiger charge is 2.02. The molecule has 1 amide bonds. The second-order valence-corrected chi connectivity index (χ2v) is 3.15. The van der Waals surface area contributed by atoms with E-state index in [0.717, 1.165) is 11.3 Å².